The molecule has 1 atom stereocenters. The Kier molecular flexibility index (Phi) is 5.91. The maximum absolute atomic E-state index is 12.7. The molecule has 0 radical (unpaired) electrons. The van der Waals surface area contributed by atoms with Crippen molar-refractivity contribution < 1.29 is 4.39 Å². The van der Waals surface area contributed by atoms with Crippen molar-refractivity contribution in [3.63, 3.8) is 0 Å². The van der Waals surface area contributed by atoms with Gasteiger partial charge in [-0.2, -0.15) is 0 Å². The second kappa shape index (κ2) is 7.26. The Morgan fingerprint density at radius 3 is 2.44 bits per heavy atom. The summed E-state index contributed by atoms with van der Waals surface area (Å²) in [6.07, 6.45) is 6.36. The first kappa shape index (κ1) is 13.0. The molecule has 16 heavy (non-hydrogen) atoms. The van der Waals surface area contributed by atoms with Gasteiger partial charge in [0.2, 0.25) is 0 Å². The van der Waals surface area contributed by atoms with Gasteiger partial charge in [0.15, 0.2) is 0 Å². The van der Waals surface area contributed by atoms with Crippen LogP contribution in [0.25, 0.3) is 0 Å². The minimum Gasteiger partial charge on any atom is -0.383 e. The summed E-state index contributed by atoms with van der Waals surface area (Å²) in [5.74, 6) is -0.179. The summed E-state index contributed by atoms with van der Waals surface area (Å²) in [6, 6.07) is 7.02. The molecule has 1 unspecified atom stereocenters. The Morgan fingerprint density at radius 1 is 1.12 bits per heavy atom. The number of benzene rings is 1. The lowest BCUT2D eigenvalue weighted by Crippen LogP contribution is -2.14. The van der Waals surface area contributed by atoms with Crippen LogP contribution in [-0.2, 0) is 0 Å². The monoisotopic (exact) mass is 223 g/mol. The lowest BCUT2D eigenvalue weighted by atomic mass is 10.1. The normalized spacial score (nSPS) is 12.4. The predicted octanol–water partition coefficient (Wildman–Crippen LogP) is 4.60. The quantitative estimate of drug-likeness (QED) is 0.666. The molecule has 90 valence electrons. The van der Waals surface area contributed by atoms with Crippen LogP contribution in [0.3, 0.4) is 0 Å². The molecule has 2 heteroatoms. The number of anilines is 1. The maximum Gasteiger partial charge on any atom is 0.123 e. The van der Waals surface area contributed by atoms with Crippen LogP contribution in [0.2, 0.25) is 0 Å². The van der Waals surface area contributed by atoms with Crippen LogP contribution in [-0.4, -0.2) is 6.04 Å². The van der Waals surface area contributed by atoms with E-state index >= 15 is 0 Å². The van der Waals surface area contributed by atoms with Crippen LogP contribution < -0.4 is 5.32 Å². The van der Waals surface area contributed by atoms with Crippen molar-refractivity contribution in [3.05, 3.63) is 30.1 Å². The molecule has 0 spiro atoms. The first-order chi connectivity index (χ1) is 7.72. The van der Waals surface area contributed by atoms with E-state index in [-0.39, 0.29) is 5.82 Å². The molecule has 1 aromatic carbocycles. The van der Waals surface area contributed by atoms with Gasteiger partial charge in [-0.15, -0.1) is 0 Å². The molecule has 0 bridgehead atoms. The first-order valence-corrected chi connectivity index (χ1v) is 6.24. The molecule has 1 N–H and O–H groups in total. The van der Waals surface area contributed by atoms with E-state index in [1.54, 1.807) is 12.1 Å². The highest BCUT2D eigenvalue weighted by Crippen LogP contribution is 2.13. The van der Waals surface area contributed by atoms with Crippen molar-refractivity contribution >= 4 is 5.69 Å². The standard InChI is InChI=1S/C14H22FN/c1-3-4-5-6-7-12(2)16-14-10-8-13(15)9-11-14/h8-12,16H,3-7H2,1-2H3. The van der Waals surface area contributed by atoms with Crippen molar-refractivity contribution in [3.8, 4) is 0 Å². The highest BCUT2D eigenvalue weighted by Gasteiger charge is 2.01. The molecule has 0 saturated carbocycles. The molecule has 0 aliphatic rings. The Bertz CT molecular complexity index is 281. The maximum atomic E-state index is 12.7. The minimum absolute atomic E-state index is 0.179. The van der Waals surface area contributed by atoms with Gasteiger partial charge in [0.1, 0.15) is 5.82 Å². The average Bonchev–Trinajstić information content (AvgIpc) is 2.28. The summed E-state index contributed by atoms with van der Waals surface area (Å²) < 4.78 is 12.7. The summed E-state index contributed by atoms with van der Waals surface area (Å²) in [6.45, 7) is 4.40. The van der Waals surface area contributed by atoms with Crippen LogP contribution in [0.15, 0.2) is 24.3 Å². The molecule has 1 aromatic rings. The van der Waals surface area contributed by atoms with Gasteiger partial charge in [-0.1, -0.05) is 32.6 Å². The Balaban J connectivity index is 2.23. The van der Waals surface area contributed by atoms with E-state index in [1.807, 2.05) is 0 Å². The fourth-order valence-electron chi connectivity index (χ4n) is 1.78. The summed E-state index contributed by atoms with van der Waals surface area (Å²) in [4.78, 5) is 0. The zero-order chi connectivity index (χ0) is 11.8. The molecular formula is C14H22FN. The largest absolute Gasteiger partial charge is 0.383 e. The third-order valence-electron chi connectivity index (χ3n) is 2.75. The van der Waals surface area contributed by atoms with Crippen LogP contribution in [0, 0.1) is 5.82 Å². The van der Waals surface area contributed by atoms with Gasteiger partial charge in [-0.05, 0) is 37.6 Å². The predicted molar refractivity (Wildman–Crippen MR) is 68.2 cm³/mol. The highest BCUT2D eigenvalue weighted by molar-refractivity contribution is 5.43. The molecule has 1 rings (SSSR count). The van der Waals surface area contributed by atoms with E-state index in [2.05, 4.69) is 19.2 Å². The molecule has 0 saturated heterocycles. The van der Waals surface area contributed by atoms with E-state index in [1.165, 1.54) is 44.2 Å². The smallest absolute Gasteiger partial charge is 0.123 e. The van der Waals surface area contributed by atoms with Gasteiger partial charge >= 0.3 is 0 Å². The summed E-state index contributed by atoms with van der Waals surface area (Å²) in [5.41, 5.74) is 1.00. The number of hydrogen-bond donors (Lipinski definition) is 1. The van der Waals surface area contributed by atoms with Crippen molar-refractivity contribution in [1.82, 2.24) is 0 Å². The van der Waals surface area contributed by atoms with Gasteiger partial charge in [0.25, 0.3) is 0 Å². The zero-order valence-corrected chi connectivity index (χ0v) is 10.3. The van der Waals surface area contributed by atoms with Crippen molar-refractivity contribution in [2.45, 2.75) is 52.0 Å². The highest BCUT2D eigenvalue weighted by atomic mass is 19.1. The van der Waals surface area contributed by atoms with Gasteiger partial charge in [-0.25, -0.2) is 4.39 Å². The fourth-order valence-corrected chi connectivity index (χ4v) is 1.78. The number of nitrogens with one attached hydrogen (secondary N) is 1. The van der Waals surface area contributed by atoms with E-state index in [9.17, 15) is 4.39 Å². The molecule has 0 amide bonds. The second-order valence-corrected chi connectivity index (χ2v) is 4.40. The van der Waals surface area contributed by atoms with E-state index in [4.69, 9.17) is 0 Å². The number of unbranched alkanes of at least 4 members (excludes halogenated alkanes) is 3. The van der Waals surface area contributed by atoms with Gasteiger partial charge in [-0.3, -0.25) is 0 Å². The van der Waals surface area contributed by atoms with Gasteiger partial charge < -0.3 is 5.32 Å². The third-order valence-corrected chi connectivity index (χ3v) is 2.75. The van der Waals surface area contributed by atoms with Crippen LogP contribution in [0.1, 0.15) is 46.0 Å². The zero-order valence-electron chi connectivity index (χ0n) is 10.3. The number of hydrogen-bond acceptors (Lipinski definition) is 1. The van der Waals surface area contributed by atoms with Gasteiger partial charge in [0, 0.05) is 11.7 Å². The van der Waals surface area contributed by atoms with Crippen LogP contribution in [0.5, 0.6) is 0 Å². The summed E-state index contributed by atoms with van der Waals surface area (Å²) >= 11 is 0. The molecule has 0 aromatic heterocycles. The van der Waals surface area contributed by atoms with Crippen molar-refractivity contribution in [2.75, 3.05) is 5.32 Å². The molecule has 1 nitrogen and oxygen atoms in total. The summed E-state index contributed by atoms with van der Waals surface area (Å²) in [7, 11) is 0. The molecular weight excluding hydrogens is 201 g/mol. The Labute approximate surface area is 98.1 Å². The topological polar surface area (TPSA) is 12.0 Å². The lowest BCUT2D eigenvalue weighted by Gasteiger charge is -2.14. The van der Waals surface area contributed by atoms with Crippen molar-refractivity contribution in [1.29, 1.82) is 0 Å². The van der Waals surface area contributed by atoms with Crippen LogP contribution >= 0.6 is 0 Å². The van der Waals surface area contributed by atoms with Gasteiger partial charge in [0.05, 0.1) is 0 Å². The Hall–Kier alpha value is -1.05. The van der Waals surface area contributed by atoms with Crippen molar-refractivity contribution in [2.24, 2.45) is 0 Å². The van der Waals surface area contributed by atoms with E-state index < -0.39 is 0 Å². The SMILES string of the molecule is CCCCCCC(C)Nc1ccc(F)cc1. The Morgan fingerprint density at radius 2 is 1.81 bits per heavy atom. The minimum atomic E-state index is -0.179. The third kappa shape index (κ3) is 5.15. The fraction of sp³-hybridized carbons (Fsp3) is 0.571. The number of rotatable bonds is 7. The van der Waals surface area contributed by atoms with E-state index in [0.29, 0.717) is 6.04 Å². The molecule has 0 fully saturated rings. The number of halogens is 1. The average molecular weight is 223 g/mol. The lowest BCUT2D eigenvalue weighted by molar-refractivity contribution is 0.593. The first-order valence-electron chi connectivity index (χ1n) is 6.24. The molecule has 0 aliphatic carbocycles. The molecule has 0 heterocycles. The van der Waals surface area contributed by atoms with E-state index in [0.717, 1.165) is 5.69 Å². The summed E-state index contributed by atoms with van der Waals surface area (Å²) in [5, 5.41) is 3.38. The van der Waals surface area contributed by atoms with Crippen LogP contribution in [0.4, 0.5) is 10.1 Å². The molecule has 0 aliphatic heterocycles. The second-order valence-electron chi connectivity index (χ2n) is 4.40.